The zero-order valence-corrected chi connectivity index (χ0v) is 18.4. The van der Waals surface area contributed by atoms with Gasteiger partial charge in [0.05, 0.1) is 0 Å². The quantitative estimate of drug-likeness (QED) is 0.305. The predicted octanol–water partition coefficient (Wildman–Crippen LogP) is -1.45. The topological polar surface area (TPSA) is 342 Å². The Kier molecular flexibility index (Phi) is 32700. The van der Waals surface area contributed by atoms with Gasteiger partial charge in [0.2, 0.25) is 0 Å². The van der Waals surface area contributed by atoms with E-state index in [0.717, 1.165) is 0 Å². The maximum atomic E-state index is 0. The molecule has 0 bridgehead atoms. The third-order valence-electron chi connectivity index (χ3n) is 0. The molecule has 0 saturated heterocycles. The summed E-state index contributed by atoms with van der Waals surface area (Å²) in [6, 6.07) is 0. The van der Waals surface area contributed by atoms with Gasteiger partial charge in [-0.25, -0.2) is 0 Å². The van der Waals surface area contributed by atoms with Gasteiger partial charge in [-0.15, -0.1) is 0 Å². The molecular weight excluding hydrogens is 608 g/mol. The van der Waals surface area contributed by atoms with Crippen LogP contribution in [0.1, 0.15) is 0 Å². The van der Waals surface area contributed by atoms with Crippen LogP contribution in [0.15, 0.2) is 0 Å². The van der Waals surface area contributed by atoms with Crippen molar-refractivity contribution in [2.24, 2.45) is 0 Å². The van der Waals surface area contributed by atoms with Gasteiger partial charge in [-0.05, 0) is 0 Å². The van der Waals surface area contributed by atoms with Gasteiger partial charge in [-0.3, -0.25) is 0 Å². The molecule has 0 unspecified atom stereocenters. The van der Waals surface area contributed by atoms with Crippen molar-refractivity contribution >= 4 is 0 Å². The Morgan fingerprint density at radius 1 is 0.100 bits per heavy atom. The van der Waals surface area contributed by atoms with E-state index in [1.54, 1.807) is 0 Å². The van der Waals surface area contributed by atoms with Gasteiger partial charge in [-0.1, -0.05) is 0 Å². The Morgan fingerprint density at radius 3 is 0.100 bits per heavy atom. The van der Waals surface area contributed by atoms with Gasteiger partial charge in [0.15, 0.2) is 0 Å². The zero-order chi connectivity index (χ0) is 0. The van der Waals surface area contributed by atoms with Crippen LogP contribution in [0.3, 0.4) is 0 Å². The molecule has 0 atom stereocenters. The molecule has 0 aromatic rings. The molecule has 20 heteroatoms. The molecule has 0 aliphatic carbocycles. The van der Waals surface area contributed by atoms with E-state index in [2.05, 4.69) is 0 Å². The van der Waals surface area contributed by atoms with Crippen LogP contribution in [0.2, 0.25) is 0 Å². The summed E-state index contributed by atoms with van der Waals surface area (Å²) < 4.78 is 0. The van der Waals surface area contributed by atoms with E-state index < -0.39 is 0 Å². The molecule has 120 valence electrons. The first-order valence-corrected chi connectivity index (χ1v) is 0. The fraction of sp³-hybridized carbons (Fsp3) is 0. The van der Waals surface area contributed by atoms with Crippen LogP contribution >= 0.6 is 0 Å². The molecule has 0 fully saturated rings. The Balaban J connectivity index is 0. The minimum absolute atomic E-state index is 0. The van der Waals surface area contributed by atoms with Crippen molar-refractivity contribution in [1.82, 2.24) is 0 Å². The van der Waals surface area contributed by atoms with E-state index in [1.807, 2.05) is 0 Å². The summed E-state index contributed by atoms with van der Waals surface area (Å²) in [6.45, 7) is 0. The predicted molar refractivity (Wildman–Crippen MR) is 8.24 cm³/mol. The van der Waals surface area contributed by atoms with Crippen LogP contribution in [-0.4, -0.2) is 0 Å². The molecule has 12 nitrogen and oxygen atoms in total. The van der Waals surface area contributed by atoms with Gasteiger partial charge < -0.3 is 65.7 Å². The van der Waals surface area contributed by atoms with Crippen molar-refractivity contribution in [2.75, 3.05) is 0 Å². The Hall–Kier alpha value is 3.78. The second kappa shape index (κ2) is 756. The van der Waals surface area contributed by atoms with Crippen LogP contribution in [0.5, 0.6) is 0 Å². The Bertz CT molecular complexity index is 19.4. The fourth-order valence-electron chi connectivity index (χ4n) is 0. The molecule has 0 spiro atoms. The summed E-state index contributed by atoms with van der Waals surface area (Å²) in [4.78, 5) is 0. The molecule has 8 radical (unpaired) electrons. The molecule has 0 N–H and O–H groups in total. The zero-order valence-electron chi connectivity index (χ0n) is 8.16. The maximum absolute atomic E-state index is 0. The fourth-order valence-corrected chi connectivity index (χ4v) is 0. The average molecular weight is 608 g/mol. The van der Waals surface area contributed by atoms with Crippen LogP contribution in [0.25, 0.3) is 0 Å². The second-order valence-corrected chi connectivity index (χ2v) is 0. The van der Waals surface area contributed by atoms with Crippen LogP contribution in [0.4, 0.5) is 0 Å². The first kappa shape index (κ1) is 864. The molecule has 0 aliphatic rings. The summed E-state index contributed by atoms with van der Waals surface area (Å²) in [5.41, 5.74) is 0. The van der Waals surface area contributed by atoms with Crippen LogP contribution in [0, 0.1) is 0 Å². The molecule has 20 heavy (non-hydrogen) atoms. The van der Waals surface area contributed by atoms with Crippen molar-refractivity contribution in [3.63, 3.8) is 0 Å². The summed E-state index contributed by atoms with van der Waals surface area (Å²) in [5.74, 6) is 0. The molecule has 0 heterocycles. The minimum atomic E-state index is 0. The summed E-state index contributed by atoms with van der Waals surface area (Å²) in [7, 11) is 0. The minimum Gasteiger partial charge on any atom is -2.00 e. The third-order valence-corrected chi connectivity index (χ3v) is 0. The number of rotatable bonds is 0. The SMILES string of the molecule is [Cr+3].[Cr+3].[Cr+3].[Cr+3].[Cr+3].[Cr+3].[Cr+3].[Cr+3].[O-2].[O-2].[O-2].[O-2].[O-2].[O-2].[O-2].[O-2].[O-2].[O-2].[O-2].[O-2]. The van der Waals surface area contributed by atoms with E-state index in [0.29, 0.717) is 0 Å². The molecule has 0 rings (SSSR count). The van der Waals surface area contributed by atoms with Crippen molar-refractivity contribution in [2.45, 2.75) is 0 Å². The average Bonchev–Trinajstić information content (AvgIpc) is 0. The third kappa shape index (κ3) is 658. The second-order valence-electron chi connectivity index (χ2n) is 0. The largest absolute Gasteiger partial charge is 3.00 e. The first-order chi connectivity index (χ1) is 0. The van der Waals surface area contributed by atoms with E-state index in [-0.39, 0.29) is 205 Å². The van der Waals surface area contributed by atoms with E-state index in [1.165, 1.54) is 0 Å². The Morgan fingerprint density at radius 2 is 0.100 bits per heavy atom. The molecule has 0 amide bonds. The molecular formula is Cr8O12. The molecule has 0 saturated carbocycles. The van der Waals surface area contributed by atoms with E-state index >= 15 is 0 Å². The molecule has 0 aliphatic heterocycles. The first-order valence-electron chi connectivity index (χ1n) is 0. The van der Waals surface area contributed by atoms with Crippen molar-refractivity contribution in [1.29, 1.82) is 0 Å². The summed E-state index contributed by atoms with van der Waals surface area (Å²) >= 11 is 0. The summed E-state index contributed by atoms with van der Waals surface area (Å²) in [5, 5.41) is 0. The smallest absolute Gasteiger partial charge is 2.00 e. The normalized spacial score (nSPS) is 0. The standard InChI is InChI=1S/8Cr.12O/q8*+3;12*-2. The van der Waals surface area contributed by atoms with Gasteiger partial charge in [0.25, 0.3) is 0 Å². The Labute approximate surface area is 202 Å². The van der Waals surface area contributed by atoms with Crippen molar-refractivity contribution in [3.05, 3.63) is 0 Å². The molecule has 0 aromatic heterocycles. The van der Waals surface area contributed by atoms with E-state index in [9.17, 15) is 0 Å². The van der Waals surface area contributed by atoms with Gasteiger partial charge in [-0.2, -0.15) is 0 Å². The maximum Gasteiger partial charge on any atom is 3.00 e. The van der Waals surface area contributed by atoms with Gasteiger partial charge in [0.1, 0.15) is 0 Å². The van der Waals surface area contributed by atoms with Crippen molar-refractivity contribution in [3.8, 4) is 0 Å². The van der Waals surface area contributed by atoms with Crippen LogP contribution < -0.4 is 0 Å². The van der Waals surface area contributed by atoms with Gasteiger partial charge in [0, 0.05) is 0 Å². The van der Waals surface area contributed by atoms with E-state index in [4.69, 9.17) is 0 Å². The monoisotopic (exact) mass is 607 g/mol. The van der Waals surface area contributed by atoms with Crippen LogP contribution in [-0.2, 0) is 205 Å². The number of hydrogen-bond donors (Lipinski definition) is 0. The van der Waals surface area contributed by atoms with Crippen molar-refractivity contribution < 1.29 is 205 Å². The van der Waals surface area contributed by atoms with Gasteiger partial charge >= 0.3 is 139 Å². The number of hydrogen-bond acceptors (Lipinski definition) is 0. The molecule has 0 aromatic carbocycles. The summed E-state index contributed by atoms with van der Waals surface area (Å²) in [6.07, 6.45) is 0.